The fraction of sp³-hybridized carbons (Fsp3) is 0.500. The number of unbranched alkanes of at least 4 members (excludes halogenated alkanes) is 4. The minimum absolute atomic E-state index is 0.298. The maximum atomic E-state index is 12.6. The van der Waals surface area contributed by atoms with Crippen LogP contribution in [0.2, 0.25) is 0 Å². The first-order chi connectivity index (χ1) is 14.2. The smallest absolute Gasteiger partial charge is 0.222 e. The van der Waals surface area contributed by atoms with Crippen molar-refractivity contribution in [1.82, 2.24) is 4.90 Å². The molecule has 1 amide bonds. The van der Waals surface area contributed by atoms with E-state index in [-0.39, 0.29) is 0 Å². The van der Waals surface area contributed by atoms with Gasteiger partial charge in [-0.2, -0.15) is 0 Å². The highest BCUT2D eigenvalue weighted by atomic mass is 16.2. The van der Waals surface area contributed by atoms with Gasteiger partial charge >= 0.3 is 0 Å². The predicted molar refractivity (Wildman–Crippen MR) is 122 cm³/mol. The summed E-state index contributed by atoms with van der Waals surface area (Å²) in [5, 5.41) is 0. The summed E-state index contributed by atoms with van der Waals surface area (Å²) in [6.07, 6.45) is 10.8. The van der Waals surface area contributed by atoms with Crippen LogP contribution in [0.4, 0.5) is 5.69 Å². The fourth-order valence-corrected chi connectivity index (χ4v) is 4.58. The van der Waals surface area contributed by atoms with Crippen LogP contribution in [0.5, 0.6) is 0 Å². The van der Waals surface area contributed by atoms with E-state index in [1.807, 2.05) is 19.1 Å². The molecule has 0 saturated carbocycles. The third-order valence-electron chi connectivity index (χ3n) is 6.26. The van der Waals surface area contributed by atoms with Crippen LogP contribution in [0.25, 0.3) is 0 Å². The summed E-state index contributed by atoms with van der Waals surface area (Å²) in [4.78, 5) is 14.8. The first-order valence-electron chi connectivity index (χ1n) is 11.4. The number of hydrogen-bond donors (Lipinski definition) is 1. The van der Waals surface area contributed by atoms with Crippen LogP contribution in [0.1, 0.15) is 68.6 Å². The van der Waals surface area contributed by atoms with E-state index in [1.165, 1.54) is 48.8 Å². The van der Waals surface area contributed by atoms with Gasteiger partial charge in [0.2, 0.25) is 5.91 Å². The summed E-state index contributed by atoms with van der Waals surface area (Å²) in [6, 6.07) is 17.3. The van der Waals surface area contributed by atoms with E-state index in [2.05, 4.69) is 41.3 Å². The molecule has 0 bridgehead atoms. The Morgan fingerprint density at radius 1 is 1.00 bits per heavy atom. The minimum atomic E-state index is 0.298. The van der Waals surface area contributed by atoms with Gasteiger partial charge in [-0.15, -0.1) is 0 Å². The number of rotatable bonds is 10. The molecule has 2 aromatic rings. The number of nitrogens with two attached hydrogens (primary N) is 1. The van der Waals surface area contributed by atoms with Crippen LogP contribution in [0, 0.1) is 0 Å². The zero-order valence-electron chi connectivity index (χ0n) is 17.9. The lowest BCUT2D eigenvalue weighted by molar-refractivity contribution is -0.133. The minimum Gasteiger partial charge on any atom is -0.398 e. The zero-order valence-corrected chi connectivity index (χ0v) is 17.9. The second kappa shape index (κ2) is 11.0. The van der Waals surface area contributed by atoms with Gasteiger partial charge in [0.25, 0.3) is 0 Å². The summed E-state index contributed by atoms with van der Waals surface area (Å²) in [5.74, 6) is 0.298. The van der Waals surface area contributed by atoms with E-state index >= 15 is 0 Å². The largest absolute Gasteiger partial charge is 0.398 e. The molecule has 0 radical (unpaired) electrons. The van der Waals surface area contributed by atoms with Gasteiger partial charge in [0.15, 0.2) is 0 Å². The van der Waals surface area contributed by atoms with E-state index in [9.17, 15) is 4.79 Å². The van der Waals surface area contributed by atoms with Gasteiger partial charge in [-0.3, -0.25) is 4.79 Å². The molecule has 3 nitrogen and oxygen atoms in total. The van der Waals surface area contributed by atoms with Gasteiger partial charge < -0.3 is 10.6 Å². The van der Waals surface area contributed by atoms with Crippen LogP contribution in [0.15, 0.2) is 48.5 Å². The number of carbonyl (C=O) groups excluding carboxylic acids is 1. The van der Waals surface area contributed by atoms with Crippen LogP contribution < -0.4 is 5.73 Å². The maximum Gasteiger partial charge on any atom is 0.222 e. The van der Waals surface area contributed by atoms with E-state index in [4.69, 9.17) is 5.73 Å². The summed E-state index contributed by atoms with van der Waals surface area (Å²) < 4.78 is 0. The quantitative estimate of drug-likeness (QED) is 0.425. The van der Waals surface area contributed by atoms with Crippen molar-refractivity contribution in [2.75, 3.05) is 12.3 Å². The van der Waals surface area contributed by atoms with Crippen LogP contribution in [-0.4, -0.2) is 23.4 Å². The molecule has 3 rings (SSSR count). The molecule has 0 spiro atoms. The normalized spacial score (nSPS) is 15.7. The van der Waals surface area contributed by atoms with Crippen molar-refractivity contribution < 1.29 is 4.79 Å². The molecular weight excluding hydrogens is 356 g/mol. The van der Waals surface area contributed by atoms with Crippen LogP contribution in [-0.2, 0) is 24.1 Å². The molecule has 156 valence electrons. The summed E-state index contributed by atoms with van der Waals surface area (Å²) >= 11 is 0. The molecule has 0 fully saturated rings. The Bertz CT molecular complexity index is 772. The lowest BCUT2D eigenvalue weighted by Crippen LogP contribution is -2.43. The third kappa shape index (κ3) is 6.09. The van der Waals surface area contributed by atoms with Crippen molar-refractivity contribution in [3.63, 3.8) is 0 Å². The predicted octanol–water partition coefficient (Wildman–Crippen LogP) is 5.56. The number of anilines is 1. The van der Waals surface area contributed by atoms with Gasteiger partial charge in [-0.1, -0.05) is 68.7 Å². The average Bonchev–Trinajstić information content (AvgIpc) is 2.76. The Labute approximate surface area is 176 Å². The molecule has 0 aromatic heterocycles. The molecule has 3 heteroatoms. The number of carbonyl (C=O) groups is 1. The molecule has 0 heterocycles. The number of nitrogen functional groups attached to an aromatic ring is 1. The van der Waals surface area contributed by atoms with Crippen molar-refractivity contribution in [2.45, 2.75) is 77.2 Å². The lowest BCUT2D eigenvalue weighted by Gasteiger charge is -2.35. The highest BCUT2D eigenvalue weighted by molar-refractivity contribution is 5.76. The van der Waals surface area contributed by atoms with Gasteiger partial charge in [0, 0.05) is 24.7 Å². The number of aryl methyl sites for hydroxylation is 1. The zero-order chi connectivity index (χ0) is 20.5. The summed E-state index contributed by atoms with van der Waals surface area (Å²) in [5.41, 5.74) is 11.1. The van der Waals surface area contributed by atoms with E-state index in [1.54, 1.807) is 0 Å². The Kier molecular flexibility index (Phi) is 8.15. The standard InChI is InChI=1S/C26H36N2O/c1-2-26(29)28(23-17-18-24-22(20-23)15-11-16-25(24)27)19-10-5-3-4-7-12-21-13-8-6-9-14-21/h6,8-9,11,13-16,23H,2-5,7,10,12,17-20,27H2,1H3. The fourth-order valence-electron chi connectivity index (χ4n) is 4.58. The third-order valence-corrected chi connectivity index (χ3v) is 6.26. The molecule has 29 heavy (non-hydrogen) atoms. The summed E-state index contributed by atoms with van der Waals surface area (Å²) in [6.45, 7) is 2.88. The molecule has 1 atom stereocenters. The number of fused-ring (bicyclic) bond motifs is 1. The van der Waals surface area contributed by atoms with Crippen molar-refractivity contribution in [3.8, 4) is 0 Å². The lowest BCUT2D eigenvalue weighted by atomic mass is 9.86. The highest BCUT2D eigenvalue weighted by Crippen LogP contribution is 2.29. The summed E-state index contributed by atoms with van der Waals surface area (Å²) in [7, 11) is 0. The molecular formula is C26H36N2O. The van der Waals surface area contributed by atoms with E-state index in [0.29, 0.717) is 18.4 Å². The first-order valence-corrected chi connectivity index (χ1v) is 11.4. The molecule has 2 N–H and O–H groups in total. The topological polar surface area (TPSA) is 46.3 Å². The second-order valence-corrected chi connectivity index (χ2v) is 8.33. The SMILES string of the molecule is CCC(=O)N(CCCCCCCc1ccccc1)C1CCc2c(N)cccc2C1. The Hall–Kier alpha value is -2.29. The Balaban J connectivity index is 1.42. The van der Waals surface area contributed by atoms with Gasteiger partial charge in [-0.25, -0.2) is 0 Å². The van der Waals surface area contributed by atoms with Crippen molar-refractivity contribution in [2.24, 2.45) is 0 Å². The number of benzene rings is 2. The van der Waals surface area contributed by atoms with Crippen molar-refractivity contribution in [1.29, 1.82) is 0 Å². The maximum absolute atomic E-state index is 12.6. The molecule has 1 aliphatic carbocycles. The molecule has 1 aliphatic rings. The van der Waals surface area contributed by atoms with E-state index in [0.717, 1.165) is 37.9 Å². The van der Waals surface area contributed by atoms with Crippen molar-refractivity contribution in [3.05, 3.63) is 65.2 Å². The average molecular weight is 393 g/mol. The first kappa shape index (κ1) is 21.4. The van der Waals surface area contributed by atoms with Gasteiger partial charge in [-0.05, 0) is 61.3 Å². The van der Waals surface area contributed by atoms with Gasteiger partial charge in [0.1, 0.15) is 0 Å². The molecule has 1 unspecified atom stereocenters. The number of hydrogen-bond acceptors (Lipinski definition) is 2. The number of nitrogens with zero attached hydrogens (tertiary/aromatic N) is 1. The van der Waals surface area contributed by atoms with E-state index < -0.39 is 0 Å². The monoisotopic (exact) mass is 392 g/mol. The second-order valence-electron chi connectivity index (χ2n) is 8.33. The number of amides is 1. The molecule has 0 aliphatic heterocycles. The van der Waals surface area contributed by atoms with Gasteiger partial charge in [0.05, 0.1) is 0 Å². The van der Waals surface area contributed by atoms with Crippen LogP contribution in [0.3, 0.4) is 0 Å². The Morgan fingerprint density at radius 3 is 2.55 bits per heavy atom. The molecule has 2 aromatic carbocycles. The highest BCUT2D eigenvalue weighted by Gasteiger charge is 2.27. The van der Waals surface area contributed by atoms with Crippen LogP contribution >= 0.6 is 0 Å². The molecule has 0 saturated heterocycles. The Morgan fingerprint density at radius 2 is 1.76 bits per heavy atom. The van der Waals surface area contributed by atoms with Crippen molar-refractivity contribution >= 4 is 11.6 Å².